The average Bonchev–Trinajstić information content (AvgIpc) is 2.41. The molecule has 1 aromatic rings. The number of nitrogens with one attached hydrogen (secondary N) is 2. The van der Waals surface area contributed by atoms with Crippen molar-refractivity contribution in [3.05, 3.63) is 29.3 Å². The van der Waals surface area contributed by atoms with Crippen LogP contribution in [-0.2, 0) is 9.59 Å². The van der Waals surface area contributed by atoms with Gasteiger partial charge in [-0.15, -0.1) is 0 Å². The Morgan fingerprint density at radius 1 is 1.30 bits per heavy atom. The van der Waals surface area contributed by atoms with Gasteiger partial charge in [-0.2, -0.15) is 0 Å². The second-order valence-corrected chi connectivity index (χ2v) is 5.89. The van der Waals surface area contributed by atoms with Crippen LogP contribution in [-0.4, -0.2) is 23.2 Å². The van der Waals surface area contributed by atoms with E-state index in [4.69, 9.17) is 0 Å². The molecule has 2 N–H and O–H groups in total. The van der Waals surface area contributed by atoms with Crippen molar-refractivity contribution >= 4 is 33.4 Å². The summed E-state index contributed by atoms with van der Waals surface area (Å²) in [6, 6.07) is 5.92. The minimum absolute atomic E-state index is 0.0768. The van der Waals surface area contributed by atoms with Crippen LogP contribution in [0.1, 0.15) is 30.9 Å². The van der Waals surface area contributed by atoms with Crippen LogP contribution in [0.25, 0.3) is 0 Å². The fourth-order valence-electron chi connectivity index (χ4n) is 1.68. The maximum atomic E-state index is 11.8. The molecule has 5 heteroatoms. The van der Waals surface area contributed by atoms with E-state index in [1.807, 2.05) is 39.0 Å². The highest BCUT2D eigenvalue weighted by molar-refractivity contribution is 9.10. The number of amides is 2. The molecular weight excluding hydrogens is 320 g/mol. The summed E-state index contributed by atoms with van der Waals surface area (Å²) in [6.45, 7) is 6.20. The molecule has 0 heterocycles. The van der Waals surface area contributed by atoms with Crippen molar-refractivity contribution in [2.75, 3.05) is 11.9 Å². The molecule has 0 aliphatic heterocycles. The van der Waals surface area contributed by atoms with Crippen molar-refractivity contribution in [1.82, 2.24) is 5.32 Å². The highest BCUT2D eigenvalue weighted by atomic mass is 79.9. The molecule has 1 rings (SSSR count). The Labute approximate surface area is 128 Å². The Morgan fingerprint density at radius 3 is 2.65 bits per heavy atom. The molecule has 0 unspecified atom stereocenters. The van der Waals surface area contributed by atoms with Crippen LogP contribution in [0.4, 0.5) is 5.69 Å². The number of hydrogen-bond acceptors (Lipinski definition) is 2. The first-order chi connectivity index (χ1) is 9.43. The molecule has 20 heavy (non-hydrogen) atoms. The molecule has 0 aliphatic carbocycles. The molecule has 2 amide bonds. The van der Waals surface area contributed by atoms with Gasteiger partial charge < -0.3 is 10.6 Å². The zero-order valence-electron chi connectivity index (χ0n) is 12.1. The molecular formula is C15H21BrN2O2. The van der Waals surface area contributed by atoms with Gasteiger partial charge in [0.15, 0.2) is 0 Å². The first-order valence-electron chi connectivity index (χ1n) is 6.73. The van der Waals surface area contributed by atoms with Gasteiger partial charge in [0.25, 0.3) is 0 Å². The molecule has 0 aliphatic rings. The number of benzene rings is 1. The van der Waals surface area contributed by atoms with Crippen molar-refractivity contribution < 1.29 is 9.59 Å². The van der Waals surface area contributed by atoms with E-state index in [-0.39, 0.29) is 23.1 Å². The van der Waals surface area contributed by atoms with Gasteiger partial charge in [-0.1, -0.05) is 35.0 Å². The highest BCUT2D eigenvalue weighted by Crippen LogP contribution is 2.16. The van der Waals surface area contributed by atoms with Gasteiger partial charge in [-0.25, -0.2) is 0 Å². The van der Waals surface area contributed by atoms with Crippen molar-refractivity contribution in [3.8, 4) is 0 Å². The number of aryl methyl sites for hydroxylation is 2. The largest absolute Gasteiger partial charge is 0.355 e. The van der Waals surface area contributed by atoms with E-state index in [9.17, 15) is 9.59 Å². The lowest BCUT2D eigenvalue weighted by molar-refractivity contribution is -0.120. The minimum atomic E-state index is -0.190. The molecule has 0 bridgehead atoms. The lowest BCUT2D eigenvalue weighted by Crippen LogP contribution is -2.33. The summed E-state index contributed by atoms with van der Waals surface area (Å²) in [7, 11) is 0. The summed E-state index contributed by atoms with van der Waals surface area (Å²) >= 11 is 3.27. The van der Waals surface area contributed by atoms with Crippen molar-refractivity contribution in [3.63, 3.8) is 0 Å². The lowest BCUT2D eigenvalue weighted by Gasteiger charge is -2.11. The van der Waals surface area contributed by atoms with Gasteiger partial charge in [0, 0.05) is 18.7 Å². The van der Waals surface area contributed by atoms with Gasteiger partial charge in [-0.05, 0) is 37.5 Å². The molecule has 110 valence electrons. The Balaban J connectivity index is 2.41. The average molecular weight is 341 g/mol. The lowest BCUT2D eigenvalue weighted by atomic mass is 10.1. The second kappa shape index (κ2) is 8.04. The maximum absolute atomic E-state index is 11.8. The smallest absolute Gasteiger partial charge is 0.233 e. The fraction of sp³-hybridized carbons (Fsp3) is 0.467. The number of hydrogen-bond donors (Lipinski definition) is 2. The van der Waals surface area contributed by atoms with Gasteiger partial charge in [0.1, 0.15) is 0 Å². The van der Waals surface area contributed by atoms with E-state index >= 15 is 0 Å². The van der Waals surface area contributed by atoms with Gasteiger partial charge in [0.05, 0.1) is 4.83 Å². The van der Waals surface area contributed by atoms with Crippen molar-refractivity contribution in [2.24, 2.45) is 0 Å². The fourth-order valence-corrected chi connectivity index (χ4v) is 1.84. The Bertz CT molecular complexity index is 489. The third-order valence-electron chi connectivity index (χ3n) is 2.96. The third-order valence-corrected chi connectivity index (χ3v) is 4.02. The monoisotopic (exact) mass is 340 g/mol. The summed E-state index contributed by atoms with van der Waals surface area (Å²) in [4.78, 5) is 23.2. The van der Waals surface area contributed by atoms with Gasteiger partial charge in [0.2, 0.25) is 11.8 Å². The van der Waals surface area contributed by atoms with Crippen LogP contribution in [0.3, 0.4) is 0 Å². The Morgan fingerprint density at radius 2 is 2.00 bits per heavy atom. The number of carbonyl (C=O) groups excluding carboxylic acids is 2. The molecule has 0 spiro atoms. The van der Waals surface area contributed by atoms with Gasteiger partial charge in [-0.3, -0.25) is 9.59 Å². The zero-order chi connectivity index (χ0) is 15.1. The molecule has 0 saturated heterocycles. The van der Waals surface area contributed by atoms with E-state index in [0.29, 0.717) is 6.54 Å². The summed E-state index contributed by atoms with van der Waals surface area (Å²) in [5.41, 5.74) is 2.96. The summed E-state index contributed by atoms with van der Waals surface area (Å²) in [6.07, 6.45) is 0.989. The molecule has 0 saturated carbocycles. The van der Waals surface area contributed by atoms with E-state index in [0.717, 1.165) is 23.2 Å². The van der Waals surface area contributed by atoms with E-state index in [1.165, 1.54) is 0 Å². The second-order valence-electron chi connectivity index (χ2n) is 4.78. The van der Waals surface area contributed by atoms with E-state index < -0.39 is 0 Å². The molecule has 1 aromatic carbocycles. The summed E-state index contributed by atoms with van der Waals surface area (Å²) in [5, 5.41) is 5.60. The summed E-state index contributed by atoms with van der Waals surface area (Å²) < 4.78 is 0. The number of rotatable bonds is 6. The van der Waals surface area contributed by atoms with E-state index in [1.54, 1.807) is 0 Å². The topological polar surface area (TPSA) is 58.2 Å². The van der Waals surface area contributed by atoms with Crippen LogP contribution in [0.15, 0.2) is 18.2 Å². The minimum Gasteiger partial charge on any atom is -0.355 e. The van der Waals surface area contributed by atoms with Crippen LogP contribution in [0, 0.1) is 13.8 Å². The molecule has 1 atom stereocenters. The maximum Gasteiger partial charge on any atom is 0.233 e. The molecule has 4 nitrogen and oxygen atoms in total. The third kappa shape index (κ3) is 5.33. The standard InChI is InChI=1S/C15H21BrN2O2/c1-4-12(16)15(20)17-8-7-14(19)18-13-9-10(2)5-6-11(13)3/h5-6,9,12H,4,7-8H2,1-3H3,(H,17,20)(H,18,19)/t12-/m1/s1. The van der Waals surface area contributed by atoms with Crippen LogP contribution in [0.2, 0.25) is 0 Å². The zero-order valence-corrected chi connectivity index (χ0v) is 13.7. The first kappa shape index (κ1) is 16.7. The van der Waals surface area contributed by atoms with Gasteiger partial charge >= 0.3 is 0 Å². The number of halogens is 1. The molecule has 0 fully saturated rings. The first-order valence-corrected chi connectivity index (χ1v) is 7.64. The van der Waals surface area contributed by atoms with Crippen molar-refractivity contribution in [1.29, 1.82) is 0 Å². The number of carbonyl (C=O) groups is 2. The highest BCUT2D eigenvalue weighted by Gasteiger charge is 2.12. The number of alkyl halides is 1. The number of anilines is 1. The molecule has 0 radical (unpaired) electrons. The van der Waals surface area contributed by atoms with Crippen LogP contribution >= 0.6 is 15.9 Å². The molecule has 0 aromatic heterocycles. The Kier molecular flexibility index (Phi) is 6.71. The van der Waals surface area contributed by atoms with Crippen molar-refractivity contribution in [2.45, 2.75) is 38.4 Å². The van der Waals surface area contributed by atoms with Crippen LogP contribution in [0.5, 0.6) is 0 Å². The van der Waals surface area contributed by atoms with E-state index in [2.05, 4.69) is 26.6 Å². The van der Waals surface area contributed by atoms with Crippen LogP contribution < -0.4 is 10.6 Å². The predicted molar refractivity (Wildman–Crippen MR) is 85.2 cm³/mol. The summed E-state index contributed by atoms with van der Waals surface area (Å²) in [5.74, 6) is -0.173. The predicted octanol–water partition coefficient (Wildman–Crippen LogP) is 2.92. The quantitative estimate of drug-likeness (QED) is 0.782. The normalized spacial score (nSPS) is 11.8. The SMILES string of the molecule is CC[C@@H](Br)C(=O)NCCC(=O)Nc1cc(C)ccc1C. The Hall–Kier alpha value is -1.36.